The molecular formula is C17H20N2O3S. The number of hydrogen-bond donors (Lipinski definition) is 1. The summed E-state index contributed by atoms with van der Waals surface area (Å²) in [5.41, 5.74) is 6.88. The van der Waals surface area contributed by atoms with Crippen LogP contribution >= 0.6 is 11.8 Å². The molecule has 2 saturated heterocycles. The maximum absolute atomic E-state index is 12.8. The van der Waals surface area contributed by atoms with Gasteiger partial charge in [0.2, 0.25) is 5.91 Å². The highest BCUT2D eigenvalue weighted by atomic mass is 32.2. The molecule has 23 heavy (non-hydrogen) atoms. The molecule has 2 unspecified atom stereocenters. The third-order valence-electron chi connectivity index (χ3n) is 5.15. The van der Waals surface area contributed by atoms with Crippen molar-refractivity contribution in [3.63, 3.8) is 0 Å². The molecule has 4 rings (SSSR count). The van der Waals surface area contributed by atoms with Crippen LogP contribution in [0.2, 0.25) is 0 Å². The number of nitrogens with zero attached hydrogens (tertiary/aromatic N) is 1. The molecule has 1 saturated carbocycles. The number of hydrogen-bond acceptors (Lipinski definition) is 5. The van der Waals surface area contributed by atoms with Crippen LogP contribution in [0.3, 0.4) is 0 Å². The minimum absolute atomic E-state index is 0.0603. The van der Waals surface area contributed by atoms with Crippen molar-refractivity contribution in [1.29, 1.82) is 0 Å². The lowest BCUT2D eigenvalue weighted by Crippen LogP contribution is -2.69. The molecule has 0 radical (unpaired) electrons. The average molecular weight is 332 g/mol. The molecule has 122 valence electrons. The molecule has 1 aliphatic carbocycles. The molecule has 1 spiro atoms. The molecule has 3 fully saturated rings. The van der Waals surface area contributed by atoms with Gasteiger partial charge in [-0.2, -0.15) is 0 Å². The quantitative estimate of drug-likeness (QED) is 0.673. The molecule has 0 aromatic heterocycles. The van der Waals surface area contributed by atoms with Gasteiger partial charge < -0.3 is 15.4 Å². The highest BCUT2D eigenvalue weighted by molar-refractivity contribution is 8.01. The molecule has 1 aromatic rings. The van der Waals surface area contributed by atoms with Gasteiger partial charge in [-0.3, -0.25) is 4.79 Å². The number of carbonyl (C=O) groups is 2. The fraction of sp³-hybridized carbons (Fsp3) is 0.529. The van der Waals surface area contributed by atoms with Gasteiger partial charge in [0, 0.05) is 4.75 Å². The van der Waals surface area contributed by atoms with Crippen molar-refractivity contribution in [3.05, 3.63) is 35.9 Å². The van der Waals surface area contributed by atoms with Crippen molar-refractivity contribution >= 4 is 23.6 Å². The zero-order chi connectivity index (χ0) is 16.0. The zero-order valence-electron chi connectivity index (χ0n) is 12.8. The second-order valence-electron chi connectivity index (χ2n) is 6.55. The van der Waals surface area contributed by atoms with Gasteiger partial charge in [-0.25, -0.2) is 4.79 Å². The lowest BCUT2D eigenvalue weighted by molar-refractivity contribution is -0.164. The number of carbonyl (C=O) groups excluding carboxylic acids is 2. The van der Waals surface area contributed by atoms with Crippen LogP contribution in [-0.2, 0) is 20.9 Å². The molecule has 5 nitrogen and oxygen atoms in total. The number of benzene rings is 1. The molecule has 1 aromatic carbocycles. The van der Waals surface area contributed by atoms with E-state index in [0.29, 0.717) is 0 Å². The summed E-state index contributed by atoms with van der Waals surface area (Å²) in [5, 5.41) is -0.0603. The Morgan fingerprint density at radius 1 is 1.30 bits per heavy atom. The maximum Gasteiger partial charge on any atom is 0.330 e. The Morgan fingerprint density at radius 2 is 2.00 bits per heavy atom. The van der Waals surface area contributed by atoms with E-state index in [0.717, 1.165) is 31.2 Å². The SMILES string of the molecule is NC1C(=O)N2C(C(=O)OCc3ccccc3)C3(CCCC3)S[C@@H]12. The van der Waals surface area contributed by atoms with Crippen LogP contribution in [0.4, 0.5) is 0 Å². The zero-order valence-corrected chi connectivity index (χ0v) is 13.6. The molecule has 1 amide bonds. The second kappa shape index (κ2) is 5.53. The van der Waals surface area contributed by atoms with Crippen LogP contribution < -0.4 is 5.73 Å². The van der Waals surface area contributed by atoms with Crippen molar-refractivity contribution in [2.45, 2.75) is 54.5 Å². The van der Waals surface area contributed by atoms with E-state index in [1.807, 2.05) is 30.3 Å². The molecule has 2 heterocycles. The monoisotopic (exact) mass is 332 g/mol. The van der Waals surface area contributed by atoms with E-state index < -0.39 is 12.1 Å². The molecule has 3 aliphatic rings. The van der Waals surface area contributed by atoms with E-state index in [9.17, 15) is 9.59 Å². The van der Waals surface area contributed by atoms with Gasteiger partial charge in [0.1, 0.15) is 24.1 Å². The standard InChI is InChI=1S/C17H20N2O3S/c18-12-14(20)19-13(17(23-15(12)19)8-4-5-9-17)16(21)22-10-11-6-2-1-3-7-11/h1-3,6-7,12-13,15H,4-5,8-10,18H2/t12?,13?,15-/m0/s1. The predicted molar refractivity (Wildman–Crippen MR) is 87.4 cm³/mol. The van der Waals surface area contributed by atoms with Gasteiger partial charge in [-0.15, -0.1) is 11.8 Å². The van der Waals surface area contributed by atoms with Crippen molar-refractivity contribution in [2.24, 2.45) is 5.73 Å². The van der Waals surface area contributed by atoms with E-state index in [1.54, 1.807) is 16.7 Å². The van der Waals surface area contributed by atoms with E-state index in [4.69, 9.17) is 10.5 Å². The first kappa shape index (κ1) is 15.0. The third-order valence-corrected chi connectivity index (χ3v) is 7.01. The highest BCUT2D eigenvalue weighted by Gasteiger charge is 2.66. The van der Waals surface area contributed by atoms with Crippen LogP contribution in [0.15, 0.2) is 30.3 Å². The van der Waals surface area contributed by atoms with Crippen LogP contribution in [0.25, 0.3) is 0 Å². The van der Waals surface area contributed by atoms with Gasteiger partial charge in [0.05, 0.1) is 0 Å². The molecule has 2 N–H and O–H groups in total. The summed E-state index contributed by atoms with van der Waals surface area (Å²) >= 11 is 1.72. The minimum atomic E-state index is -0.476. The third kappa shape index (κ3) is 2.27. The first-order valence-corrected chi connectivity index (χ1v) is 8.96. The smallest absolute Gasteiger partial charge is 0.330 e. The number of rotatable bonds is 3. The normalized spacial score (nSPS) is 31.1. The molecule has 6 heteroatoms. The van der Waals surface area contributed by atoms with Gasteiger partial charge in [-0.05, 0) is 18.4 Å². The summed E-state index contributed by atoms with van der Waals surface area (Å²) in [6, 6.07) is 8.67. The number of fused-ring (bicyclic) bond motifs is 1. The van der Waals surface area contributed by atoms with Crippen molar-refractivity contribution in [2.75, 3.05) is 0 Å². The summed E-state index contributed by atoms with van der Waals surface area (Å²) in [6.07, 6.45) is 4.10. The molecular weight excluding hydrogens is 312 g/mol. The van der Waals surface area contributed by atoms with Crippen molar-refractivity contribution < 1.29 is 14.3 Å². The van der Waals surface area contributed by atoms with E-state index >= 15 is 0 Å². The van der Waals surface area contributed by atoms with Crippen LogP contribution in [0.5, 0.6) is 0 Å². The minimum Gasteiger partial charge on any atom is -0.459 e. The summed E-state index contributed by atoms with van der Waals surface area (Å²) in [5.74, 6) is -0.404. The Bertz CT molecular complexity index is 630. The van der Waals surface area contributed by atoms with Gasteiger partial charge in [0.25, 0.3) is 0 Å². The first-order valence-electron chi connectivity index (χ1n) is 8.08. The Kier molecular flexibility index (Phi) is 3.61. The highest BCUT2D eigenvalue weighted by Crippen LogP contribution is 2.57. The van der Waals surface area contributed by atoms with Gasteiger partial charge >= 0.3 is 5.97 Å². The largest absolute Gasteiger partial charge is 0.459 e. The lowest BCUT2D eigenvalue weighted by atomic mass is 9.92. The summed E-state index contributed by atoms with van der Waals surface area (Å²) in [6.45, 7) is 0.246. The Balaban J connectivity index is 1.53. The lowest BCUT2D eigenvalue weighted by Gasteiger charge is -2.42. The molecule has 2 aliphatic heterocycles. The summed E-state index contributed by atoms with van der Waals surface area (Å²) < 4.78 is 5.36. The Morgan fingerprint density at radius 3 is 2.70 bits per heavy atom. The van der Waals surface area contributed by atoms with Gasteiger partial charge in [0.15, 0.2) is 0 Å². The van der Waals surface area contributed by atoms with Crippen LogP contribution in [0, 0.1) is 0 Å². The van der Waals surface area contributed by atoms with Crippen molar-refractivity contribution in [3.8, 4) is 0 Å². The fourth-order valence-corrected chi connectivity index (χ4v) is 5.92. The summed E-state index contributed by atoms with van der Waals surface area (Å²) in [7, 11) is 0. The number of esters is 1. The average Bonchev–Trinajstić information content (AvgIpc) is 3.17. The summed E-state index contributed by atoms with van der Waals surface area (Å²) in [4.78, 5) is 26.6. The number of nitrogens with two attached hydrogens (primary N) is 1. The van der Waals surface area contributed by atoms with E-state index in [-0.39, 0.29) is 28.6 Å². The number of thioether (sulfide) groups is 1. The van der Waals surface area contributed by atoms with Gasteiger partial charge in [-0.1, -0.05) is 43.2 Å². The number of ether oxygens (including phenoxy) is 1. The van der Waals surface area contributed by atoms with Crippen LogP contribution in [-0.4, -0.2) is 39.0 Å². The van der Waals surface area contributed by atoms with Crippen LogP contribution in [0.1, 0.15) is 31.2 Å². The molecule has 0 bridgehead atoms. The van der Waals surface area contributed by atoms with Crippen molar-refractivity contribution in [1.82, 2.24) is 4.90 Å². The second-order valence-corrected chi connectivity index (χ2v) is 8.08. The Hall–Kier alpha value is -1.53. The fourth-order valence-electron chi connectivity index (χ4n) is 3.97. The Labute approximate surface area is 139 Å². The molecule has 3 atom stereocenters. The maximum atomic E-state index is 12.8. The van der Waals surface area contributed by atoms with E-state index in [1.165, 1.54) is 0 Å². The number of amides is 1. The first-order chi connectivity index (χ1) is 11.1. The predicted octanol–water partition coefficient (Wildman–Crippen LogP) is 1.65. The topological polar surface area (TPSA) is 72.6 Å². The van der Waals surface area contributed by atoms with E-state index in [2.05, 4.69) is 0 Å². The number of β-lactam (4-membered cyclic amide) rings is 1.